The van der Waals surface area contributed by atoms with Crippen molar-refractivity contribution in [1.82, 2.24) is 0 Å². The number of rotatable bonds is 5. The molecule has 0 aromatic carbocycles. The quantitative estimate of drug-likeness (QED) is 0.730. The van der Waals surface area contributed by atoms with Gasteiger partial charge in [0.15, 0.2) is 5.60 Å². The Morgan fingerprint density at radius 3 is 2.48 bits per heavy atom. The Kier molecular flexibility index (Phi) is 5.25. The van der Waals surface area contributed by atoms with Crippen LogP contribution < -0.4 is 0 Å². The molecule has 2 fully saturated rings. The number of esters is 2. The van der Waals surface area contributed by atoms with Crippen LogP contribution in [0.1, 0.15) is 52.9 Å². The van der Waals surface area contributed by atoms with Crippen molar-refractivity contribution in [1.29, 1.82) is 0 Å². The standard InChI is InChI=1S/C16H26O5/c1-4-19-14(17)10-12-11-8-6-7-9-13(11)21-16(12,3)15(18)20-5-2/h11-13H,4-10H2,1-3H3/t11?,12-,13?,16+/m0/s1. The van der Waals surface area contributed by atoms with Crippen LogP contribution in [-0.2, 0) is 23.8 Å². The van der Waals surface area contributed by atoms with Gasteiger partial charge in [0, 0.05) is 5.92 Å². The molecule has 0 N–H and O–H groups in total. The fraction of sp³-hybridized carbons (Fsp3) is 0.875. The van der Waals surface area contributed by atoms with Crippen molar-refractivity contribution in [2.45, 2.75) is 64.6 Å². The van der Waals surface area contributed by atoms with E-state index in [4.69, 9.17) is 14.2 Å². The Balaban J connectivity index is 2.19. The van der Waals surface area contributed by atoms with Crippen molar-refractivity contribution in [3.8, 4) is 0 Å². The third-order valence-electron chi connectivity index (χ3n) is 4.75. The van der Waals surface area contributed by atoms with E-state index >= 15 is 0 Å². The van der Waals surface area contributed by atoms with Gasteiger partial charge in [0.2, 0.25) is 0 Å². The van der Waals surface area contributed by atoms with Gasteiger partial charge in [-0.1, -0.05) is 12.8 Å². The van der Waals surface area contributed by atoms with Crippen LogP contribution >= 0.6 is 0 Å². The maximum Gasteiger partial charge on any atom is 0.338 e. The lowest BCUT2D eigenvalue weighted by atomic mass is 9.73. The van der Waals surface area contributed by atoms with E-state index in [1.165, 1.54) is 0 Å². The van der Waals surface area contributed by atoms with Crippen LogP contribution in [0.5, 0.6) is 0 Å². The maximum absolute atomic E-state index is 12.4. The molecule has 1 saturated heterocycles. The van der Waals surface area contributed by atoms with Crippen LogP contribution in [0, 0.1) is 11.8 Å². The summed E-state index contributed by atoms with van der Waals surface area (Å²) in [6, 6.07) is 0. The van der Waals surface area contributed by atoms with Crippen LogP contribution in [0.3, 0.4) is 0 Å². The van der Waals surface area contributed by atoms with E-state index in [0.29, 0.717) is 13.2 Å². The maximum atomic E-state index is 12.4. The average Bonchev–Trinajstić information content (AvgIpc) is 2.74. The van der Waals surface area contributed by atoms with Gasteiger partial charge in [-0.05, 0) is 39.5 Å². The number of fused-ring (bicyclic) bond motifs is 1. The smallest absolute Gasteiger partial charge is 0.338 e. The van der Waals surface area contributed by atoms with Gasteiger partial charge in [-0.3, -0.25) is 4.79 Å². The van der Waals surface area contributed by atoms with Crippen LogP contribution in [-0.4, -0.2) is 36.9 Å². The van der Waals surface area contributed by atoms with E-state index in [1.54, 1.807) is 20.8 Å². The van der Waals surface area contributed by atoms with Crippen molar-refractivity contribution >= 4 is 11.9 Å². The zero-order valence-electron chi connectivity index (χ0n) is 13.2. The Morgan fingerprint density at radius 1 is 1.14 bits per heavy atom. The fourth-order valence-electron chi connectivity index (χ4n) is 3.76. The van der Waals surface area contributed by atoms with Crippen LogP contribution in [0.25, 0.3) is 0 Å². The summed E-state index contributed by atoms with van der Waals surface area (Å²) < 4.78 is 16.3. The molecule has 0 radical (unpaired) electrons. The van der Waals surface area contributed by atoms with Crippen molar-refractivity contribution in [2.24, 2.45) is 11.8 Å². The summed E-state index contributed by atoms with van der Waals surface area (Å²) in [5.74, 6) is -0.514. The summed E-state index contributed by atoms with van der Waals surface area (Å²) >= 11 is 0. The molecule has 0 aromatic rings. The molecular formula is C16H26O5. The molecule has 0 amide bonds. The van der Waals surface area contributed by atoms with E-state index in [1.807, 2.05) is 0 Å². The summed E-state index contributed by atoms with van der Waals surface area (Å²) in [5, 5.41) is 0. The molecule has 5 heteroatoms. The van der Waals surface area contributed by atoms with Gasteiger partial charge in [-0.15, -0.1) is 0 Å². The summed E-state index contributed by atoms with van der Waals surface area (Å²) in [5.41, 5.74) is -1.03. The van der Waals surface area contributed by atoms with E-state index < -0.39 is 5.60 Å². The molecule has 2 unspecified atom stereocenters. The minimum absolute atomic E-state index is 0.0626. The zero-order chi connectivity index (χ0) is 15.5. The Hall–Kier alpha value is -1.10. The van der Waals surface area contributed by atoms with Crippen molar-refractivity contribution in [3.05, 3.63) is 0 Å². The number of carbonyl (C=O) groups excluding carboxylic acids is 2. The van der Waals surface area contributed by atoms with E-state index in [9.17, 15) is 9.59 Å². The molecule has 0 spiro atoms. The van der Waals surface area contributed by atoms with Gasteiger partial charge < -0.3 is 14.2 Å². The Morgan fingerprint density at radius 2 is 1.81 bits per heavy atom. The van der Waals surface area contributed by atoms with E-state index in [2.05, 4.69) is 0 Å². The highest BCUT2D eigenvalue weighted by Gasteiger charge is 2.57. The number of hydrogen-bond donors (Lipinski definition) is 0. The topological polar surface area (TPSA) is 61.8 Å². The summed E-state index contributed by atoms with van der Waals surface area (Å²) in [6.07, 6.45) is 4.50. The van der Waals surface area contributed by atoms with Crippen LogP contribution in [0.2, 0.25) is 0 Å². The fourth-order valence-corrected chi connectivity index (χ4v) is 3.76. The Labute approximate surface area is 126 Å². The first-order valence-corrected chi connectivity index (χ1v) is 8.03. The highest BCUT2D eigenvalue weighted by molar-refractivity contribution is 5.81. The normalized spacial score (nSPS) is 35.1. The lowest BCUT2D eigenvalue weighted by Crippen LogP contribution is -2.44. The molecule has 2 rings (SSSR count). The van der Waals surface area contributed by atoms with Gasteiger partial charge >= 0.3 is 11.9 Å². The second-order valence-electron chi connectivity index (χ2n) is 6.05. The predicted molar refractivity (Wildman–Crippen MR) is 76.6 cm³/mol. The molecule has 1 saturated carbocycles. The van der Waals surface area contributed by atoms with Crippen LogP contribution in [0.15, 0.2) is 0 Å². The highest BCUT2D eigenvalue weighted by atomic mass is 16.6. The van der Waals surface area contributed by atoms with Gasteiger partial charge in [0.25, 0.3) is 0 Å². The van der Waals surface area contributed by atoms with Crippen molar-refractivity contribution < 1.29 is 23.8 Å². The lowest BCUT2D eigenvalue weighted by Gasteiger charge is -2.30. The highest BCUT2D eigenvalue weighted by Crippen LogP contribution is 2.49. The first-order chi connectivity index (χ1) is 10.0. The van der Waals surface area contributed by atoms with Crippen molar-refractivity contribution in [3.63, 3.8) is 0 Å². The van der Waals surface area contributed by atoms with Crippen molar-refractivity contribution in [2.75, 3.05) is 13.2 Å². The van der Waals surface area contributed by atoms with E-state index in [0.717, 1.165) is 25.7 Å². The average molecular weight is 298 g/mol. The molecule has 2 aliphatic rings. The lowest BCUT2D eigenvalue weighted by molar-refractivity contribution is -0.173. The summed E-state index contributed by atoms with van der Waals surface area (Å²) in [4.78, 5) is 24.3. The molecule has 4 atom stereocenters. The second-order valence-corrected chi connectivity index (χ2v) is 6.05. The second kappa shape index (κ2) is 6.77. The van der Waals surface area contributed by atoms with Gasteiger partial charge in [-0.2, -0.15) is 0 Å². The molecule has 1 aliphatic heterocycles. The minimum Gasteiger partial charge on any atom is -0.466 e. The largest absolute Gasteiger partial charge is 0.466 e. The molecule has 1 aliphatic carbocycles. The van der Waals surface area contributed by atoms with Crippen LogP contribution in [0.4, 0.5) is 0 Å². The zero-order valence-corrected chi connectivity index (χ0v) is 13.2. The monoisotopic (exact) mass is 298 g/mol. The number of ether oxygens (including phenoxy) is 3. The Bertz CT molecular complexity index is 394. The molecule has 21 heavy (non-hydrogen) atoms. The third kappa shape index (κ3) is 3.23. The first kappa shape index (κ1) is 16.3. The molecule has 0 bridgehead atoms. The molecule has 1 heterocycles. The molecule has 0 aromatic heterocycles. The van der Waals surface area contributed by atoms with Gasteiger partial charge in [0.05, 0.1) is 25.7 Å². The predicted octanol–water partition coefficient (Wildman–Crippen LogP) is 2.47. The number of hydrogen-bond acceptors (Lipinski definition) is 5. The third-order valence-corrected chi connectivity index (χ3v) is 4.75. The van der Waals surface area contributed by atoms with Gasteiger partial charge in [-0.25, -0.2) is 4.79 Å². The number of carbonyl (C=O) groups is 2. The SMILES string of the molecule is CCOC(=O)C[C@H]1C2CCCCC2O[C@@]1(C)C(=O)OCC. The molecular weight excluding hydrogens is 272 g/mol. The van der Waals surface area contributed by atoms with Gasteiger partial charge in [0.1, 0.15) is 0 Å². The van der Waals surface area contributed by atoms with E-state index in [-0.39, 0.29) is 36.3 Å². The molecule has 5 nitrogen and oxygen atoms in total. The summed E-state index contributed by atoms with van der Waals surface area (Å²) in [7, 11) is 0. The molecule has 120 valence electrons. The summed E-state index contributed by atoms with van der Waals surface area (Å²) in [6.45, 7) is 6.02. The first-order valence-electron chi connectivity index (χ1n) is 8.03. The minimum atomic E-state index is -1.03.